The molecule has 0 saturated carbocycles. The fraction of sp³-hybridized carbons (Fsp3) is 0.267. The highest BCUT2D eigenvalue weighted by atomic mass is 16.4. The molecule has 1 aromatic carbocycles. The van der Waals surface area contributed by atoms with Gasteiger partial charge >= 0.3 is 0 Å². The maximum atomic E-state index is 5.78. The molecule has 2 heterocycles. The van der Waals surface area contributed by atoms with E-state index in [1.54, 1.807) is 6.20 Å². The zero-order valence-corrected chi connectivity index (χ0v) is 11.2. The number of oxazole rings is 1. The molecule has 0 aliphatic rings. The predicted octanol–water partition coefficient (Wildman–Crippen LogP) is 3.68. The lowest BCUT2D eigenvalue weighted by Crippen LogP contribution is -2.12. The van der Waals surface area contributed by atoms with Gasteiger partial charge in [-0.1, -0.05) is 11.6 Å². The lowest BCUT2D eigenvalue weighted by atomic mass is 10.2. The zero-order valence-electron chi connectivity index (χ0n) is 11.2. The van der Waals surface area contributed by atoms with Gasteiger partial charge in [-0.05, 0) is 39.1 Å². The van der Waals surface area contributed by atoms with E-state index < -0.39 is 0 Å². The Hall–Kier alpha value is -2.07. The Labute approximate surface area is 111 Å². The molecule has 0 fully saturated rings. The van der Waals surface area contributed by atoms with Crippen LogP contribution in [0.1, 0.15) is 24.4 Å². The van der Waals surface area contributed by atoms with Crippen molar-refractivity contribution in [3.8, 4) is 11.5 Å². The number of hydrogen-bond donors (Lipinski definition) is 1. The van der Waals surface area contributed by atoms with Crippen LogP contribution in [0.15, 0.2) is 39.3 Å². The van der Waals surface area contributed by atoms with Crippen LogP contribution in [0.25, 0.3) is 22.5 Å². The van der Waals surface area contributed by atoms with Crippen LogP contribution >= 0.6 is 0 Å². The summed E-state index contributed by atoms with van der Waals surface area (Å²) in [5, 5.41) is 4.17. The first-order valence-corrected chi connectivity index (χ1v) is 6.31. The lowest BCUT2D eigenvalue weighted by molar-refractivity contribution is 0.433. The average molecular weight is 256 g/mol. The van der Waals surface area contributed by atoms with Crippen molar-refractivity contribution in [1.29, 1.82) is 0 Å². The average Bonchev–Trinajstić information content (AvgIpc) is 3.03. The predicted molar refractivity (Wildman–Crippen MR) is 73.9 cm³/mol. The highest BCUT2D eigenvalue weighted by molar-refractivity contribution is 5.82. The van der Waals surface area contributed by atoms with Crippen molar-refractivity contribution in [1.82, 2.24) is 10.3 Å². The SMILES string of the molecule is CNC(C)c1ncc(-c2cc3cc(C)ccc3o2)o1. The minimum atomic E-state index is 0.0837. The van der Waals surface area contributed by atoms with Gasteiger partial charge in [0.05, 0.1) is 12.2 Å². The van der Waals surface area contributed by atoms with Crippen LogP contribution in [0.4, 0.5) is 0 Å². The summed E-state index contributed by atoms with van der Waals surface area (Å²) < 4.78 is 11.5. The smallest absolute Gasteiger partial charge is 0.211 e. The largest absolute Gasteiger partial charge is 0.453 e. The van der Waals surface area contributed by atoms with Crippen LogP contribution in [0.3, 0.4) is 0 Å². The summed E-state index contributed by atoms with van der Waals surface area (Å²) in [4.78, 5) is 4.26. The highest BCUT2D eigenvalue weighted by Gasteiger charge is 2.14. The molecule has 3 aromatic rings. The Morgan fingerprint density at radius 1 is 1.16 bits per heavy atom. The van der Waals surface area contributed by atoms with Crippen molar-refractivity contribution in [2.75, 3.05) is 7.05 Å². The first kappa shape index (κ1) is 12.0. The van der Waals surface area contributed by atoms with Gasteiger partial charge in [0.15, 0.2) is 11.5 Å². The summed E-state index contributed by atoms with van der Waals surface area (Å²) in [6.07, 6.45) is 1.70. The molecule has 1 unspecified atom stereocenters. The summed E-state index contributed by atoms with van der Waals surface area (Å²) >= 11 is 0. The third kappa shape index (κ3) is 2.15. The third-order valence-electron chi connectivity index (χ3n) is 3.24. The summed E-state index contributed by atoms with van der Waals surface area (Å²) in [6, 6.07) is 8.17. The van der Waals surface area contributed by atoms with E-state index in [-0.39, 0.29) is 6.04 Å². The van der Waals surface area contributed by atoms with Crippen LogP contribution in [-0.2, 0) is 0 Å². The molecule has 1 atom stereocenters. The molecule has 2 aromatic heterocycles. The first-order valence-electron chi connectivity index (χ1n) is 6.31. The van der Waals surface area contributed by atoms with Gasteiger partial charge in [0, 0.05) is 5.39 Å². The second-order valence-electron chi connectivity index (χ2n) is 4.73. The number of aryl methyl sites for hydroxylation is 1. The molecule has 1 N–H and O–H groups in total. The Morgan fingerprint density at radius 3 is 2.79 bits per heavy atom. The topological polar surface area (TPSA) is 51.2 Å². The molecule has 4 heteroatoms. The van der Waals surface area contributed by atoms with Crippen LogP contribution < -0.4 is 5.32 Å². The van der Waals surface area contributed by atoms with Crippen LogP contribution in [-0.4, -0.2) is 12.0 Å². The third-order valence-corrected chi connectivity index (χ3v) is 3.24. The van der Waals surface area contributed by atoms with Crippen LogP contribution in [0.2, 0.25) is 0 Å². The van der Waals surface area contributed by atoms with Gasteiger partial charge in [-0.15, -0.1) is 0 Å². The standard InChI is InChI=1S/C15H16N2O2/c1-9-4-5-12-11(6-9)7-13(18-12)14-8-17-15(19-14)10(2)16-3/h4-8,10,16H,1-3H3. The maximum Gasteiger partial charge on any atom is 0.211 e. The van der Waals surface area contributed by atoms with E-state index in [1.165, 1.54) is 5.56 Å². The Kier molecular flexibility index (Phi) is 2.87. The number of nitrogens with one attached hydrogen (secondary N) is 1. The lowest BCUT2D eigenvalue weighted by Gasteiger charge is -2.02. The first-order chi connectivity index (χ1) is 9.17. The molecule has 0 aliphatic carbocycles. The van der Waals surface area contributed by atoms with E-state index in [4.69, 9.17) is 8.83 Å². The van der Waals surface area contributed by atoms with Crippen molar-refractivity contribution in [2.24, 2.45) is 0 Å². The van der Waals surface area contributed by atoms with Crippen LogP contribution in [0, 0.1) is 6.92 Å². The molecule has 4 nitrogen and oxygen atoms in total. The van der Waals surface area contributed by atoms with Gasteiger partial charge in [-0.2, -0.15) is 0 Å². The Balaban J connectivity index is 2.01. The minimum absolute atomic E-state index is 0.0837. The number of nitrogens with zero attached hydrogens (tertiary/aromatic N) is 1. The van der Waals surface area contributed by atoms with E-state index in [0.29, 0.717) is 17.4 Å². The van der Waals surface area contributed by atoms with E-state index in [9.17, 15) is 0 Å². The normalized spacial score (nSPS) is 13.0. The highest BCUT2D eigenvalue weighted by Crippen LogP contribution is 2.29. The molecule has 98 valence electrons. The van der Waals surface area contributed by atoms with Crippen molar-refractivity contribution in [3.05, 3.63) is 41.9 Å². The molecule has 19 heavy (non-hydrogen) atoms. The Morgan fingerprint density at radius 2 is 2.00 bits per heavy atom. The molecule has 0 bridgehead atoms. The van der Waals surface area contributed by atoms with Gasteiger partial charge in [-0.25, -0.2) is 4.98 Å². The molecule has 0 aliphatic heterocycles. The van der Waals surface area contributed by atoms with Crippen molar-refractivity contribution < 1.29 is 8.83 Å². The van der Waals surface area contributed by atoms with Crippen molar-refractivity contribution in [2.45, 2.75) is 19.9 Å². The molecular weight excluding hydrogens is 240 g/mol. The van der Waals surface area contributed by atoms with Gasteiger partial charge in [0.2, 0.25) is 5.89 Å². The minimum Gasteiger partial charge on any atom is -0.453 e. The summed E-state index contributed by atoms with van der Waals surface area (Å²) in [6.45, 7) is 4.06. The fourth-order valence-corrected chi connectivity index (χ4v) is 2.01. The van der Waals surface area contributed by atoms with Crippen molar-refractivity contribution in [3.63, 3.8) is 0 Å². The number of rotatable bonds is 3. The molecule has 0 spiro atoms. The number of benzene rings is 1. The fourth-order valence-electron chi connectivity index (χ4n) is 2.01. The molecule has 0 saturated heterocycles. The molecule has 0 radical (unpaired) electrons. The van der Waals surface area contributed by atoms with E-state index in [2.05, 4.69) is 23.3 Å². The van der Waals surface area contributed by atoms with Gasteiger partial charge < -0.3 is 14.2 Å². The molecular formula is C15H16N2O2. The number of aromatic nitrogens is 1. The quantitative estimate of drug-likeness (QED) is 0.776. The monoisotopic (exact) mass is 256 g/mol. The van der Waals surface area contributed by atoms with Gasteiger partial charge in [0.1, 0.15) is 5.58 Å². The number of fused-ring (bicyclic) bond motifs is 1. The second-order valence-corrected chi connectivity index (χ2v) is 4.73. The van der Waals surface area contributed by atoms with Crippen molar-refractivity contribution >= 4 is 11.0 Å². The number of furan rings is 1. The summed E-state index contributed by atoms with van der Waals surface area (Å²) in [5.74, 6) is 2.03. The summed E-state index contributed by atoms with van der Waals surface area (Å²) in [7, 11) is 1.87. The van der Waals surface area contributed by atoms with Gasteiger partial charge in [0.25, 0.3) is 0 Å². The van der Waals surface area contributed by atoms with Crippen LogP contribution in [0.5, 0.6) is 0 Å². The van der Waals surface area contributed by atoms with E-state index >= 15 is 0 Å². The molecule has 0 amide bonds. The molecule has 3 rings (SSSR count). The zero-order chi connectivity index (χ0) is 13.4. The maximum absolute atomic E-state index is 5.78. The van der Waals surface area contributed by atoms with E-state index in [1.807, 2.05) is 32.2 Å². The Bertz CT molecular complexity index is 712. The second kappa shape index (κ2) is 4.55. The number of hydrogen-bond acceptors (Lipinski definition) is 4. The summed E-state index contributed by atoms with van der Waals surface area (Å²) in [5.41, 5.74) is 2.07. The van der Waals surface area contributed by atoms with Gasteiger partial charge in [-0.3, -0.25) is 0 Å². The van der Waals surface area contributed by atoms with E-state index in [0.717, 1.165) is 11.0 Å².